The molecule has 0 aliphatic rings. The Hall–Kier alpha value is -2.87. The van der Waals surface area contributed by atoms with Crippen molar-refractivity contribution >= 4 is 27.0 Å². The van der Waals surface area contributed by atoms with Gasteiger partial charge in [-0.15, -0.1) is 0 Å². The Labute approximate surface area is 214 Å². The lowest BCUT2D eigenvalue weighted by molar-refractivity contribution is 0.188. The first-order chi connectivity index (χ1) is 16.9. The highest BCUT2D eigenvalue weighted by atomic mass is 79.9. The van der Waals surface area contributed by atoms with Crippen LogP contribution in [0.2, 0.25) is 0 Å². The number of ether oxygens (including phenoxy) is 3. The molecule has 1 heterocycles. The van der Waals surface area contributed by atoms with E-state index in [4.69, 9.17) is 19.2 Å². The zero-order valence-electron chi connectivity index (χ0n) is 20.7. The number of imidazole rings is 1. The molecule has 0 saturated carbocycles. The van der Waals surface area contributed by atoms with Gasteiger partial charge in [-0.25, -0.2) is 4.98 Å². The summed E-state index contributed by atoms with van der Waals surface area (Å²) in [5, 5.41) is 11.4. The lowest BCUT2D eigenvalue weighted by atomic mass is 9.99. The standard InChI is InChI=1S/C28H31BrN2O4/c1-17(2)18-10-12-19(13-11-18)28-30-25-24(29)21(27(32)20-8-6-7-9-22(20)34-4)16-23(35-5)26(25)31(28)14-15-33-3/h6-13,16-17,27,32H,14-15H2,1-5H3. The molecule has 0 bridgehead atoms. The summed E-state index contributed by atoms with van der Waals surface area (Å²) in [5.41, 5.74) is 5.15. The normalized spacial score (nSPS) is 12.3. The molecule has 0 saturated heterocycles. The summed E-state index contributed by atoms with van der Waals surface area (Å²) in [5.74, 6) is 2.50. The first kappa shape index (κ1) is 25.2. The third-order valence-electron chi connectivity index (χ3n) is 6.25. The van der Waals surface area contributed by atoms with Crippen LogP contribution in [0, 0.1) is 0 Å². The van der Waals surface area contributed by atoms with Crippen molar-refractivity contribution in [1.29, 1.82) is 0 Å². The quantitative estimate of drug-likeness (QED) is 0.269. The molecule has 4 rings (SSSR count). The number of rotatable bonds is 9. The van der Waals surface area contributed by atoms with Crippen LogP contribution < -0.4 is 9.47 Å². The molecule has 1 aromatic heterocycles. The summed E-state index contributed by atoms with van der Waals surface area (Å²) in [4.78, 5) is 5.04. The van der Waals surface area contributed by atoms with Crippen LogP contribution in [0.1, 0.15) is 42.6 Å². The third kappa shape index (κ3) is 4.81. The van der Waals surface area contributed by atoms with Crippen LogP contribution >= 0.6 is 15.9 Å². The number of aromatic nitrogens is 2. The summed E-state index contributed by atoms with van der Waals surface area (Å²) in [7, 11) is 4.91. The maximum absolute atomic E-state index is 11.4. The number of fused-ring (bicyclic) bond motifs is 1. The number of para-hydroxylation sites is 1. The van der Waals surface area contributed by atoms with Gasteiger partial charge >= 0.3 is 0 Å². The number of benzene rings is 3. The van der Waals surface area contributed by atoms with Gasteiger partial charge < -0.3 is 23.9 Å². The van der Waals surface area contributed by atoms with Crippen molar-refractivity contribution in [2.75, 3.05) is 27.9 Å². The number of hydrogen-bond donors (Lipinski definition) is 1. The Bertz CT molecular complexity index is 1320. The fraction of sp³-hybridized carbons (Fsp3) is 0.321. The molecule has 0 aliphatic carbocycles. The van der Waals surface area contributed by atoms with Crippen molar-refractivity contribution in [2.24, 2.45) is 0 Å². The van der Waals surface area contributed by atoms with E-state index in [-0.39, 0.29) is 0 Å². The van der Waals surface area contributed by atoms with Crippen molar-refractivity contribution in [1.82, 2.24) is 9.55 Å². The highest BCUT2D eigenvalue weighted by Crippen LogP contribution is 2.42. The van der Waals surface area contributed by atoms with Crippen molar-refractivity contribution in [3.05, 3.63) is 75.8 Å². The van der Waals surface area contributed by atoms with Crippen LogP contribution in [0.5, 0.6) is 11.5 Å². The molecule has 184 valence electrons. The molecule has 1 atom stereocenters. The van der Waals surface area contributed by atoms with Gasteiger partial charge in [0.2, 0.25) is 0 Å². The van der Waals surface area contributed by atoms with Crippen LogP contribution in [-0.4, -0.2) is 42.6 Å². The topological polar surface area (TPSA) is 65.7 Å². The molecule has 0 amide bonds. The monoisotopic (exact) mass is 538 g/mol. The fourth-order valence-corrected chi connectivity index (χ4v) is 4.93. The summed E-state index contributed by atoms with van der Waals surface area (Å²) in [6, 6.07) is 17.8. The van der Waals surface area contributed by atoms with Crippen LogP contribution in [0.15, 0.2) is 59.1 Å². The van der Waals surface area contributed by atoms with Gasteiger partial charge in [0.05, 0.1) is 25.3 Å². The number of methoxy groups -OCH3 is 3. The SMILES string of the molecule is COCCn1c(-c2ccc(C(C)C)cc2)nc2c(Br)c(C(O)c3ccccc3OC)cc(OC)c21. The molecule has 0 radical (unpaired) electrons. The fourth-order valence-electron chi connectivity index (χ4n) is 4.32. The molecule has 3 aromatic carbocycles. The van der Waals surface area contributed by atoms with Gasteiger partial charge in [0.1, 0.15) is 34.5 Å². The summed E-state index contributed by atoms with van der Waals surface area (Å²) >= 11 is 3.75. The molecular formula is C28H31BrN2O4. The zero-order valence-corrected chi connectivity index (χ0v) is 22.3. The lowest BCUT2D eigenvalue weighted by Gasteiger charge is -2.18. The van der Waals surface area contributed by atoms with Crippen LogP contribution in [-0.2, 0) is 11.3 Å². The van der Waals surface area contributed by atoms with E-state index < -0.39 is 6.10 Å². The summed E-state index contributed by atoms with van der Waals surface area (Å²) in [6.07, 6.45) is -0.934. The van der Waals surface area contributed by atoms with Gasteiger partial charge in [0.25, 0.3) is 0 Å². The Morgan fingerprint density at radius 2 is 1.63 bits per heavy atom. The zero-order chi connectivity index (χ0) is 25.1. The van der Waals surface area contributed by atoms with E-state index in [2.05, 4.69) is 58.6 Å². The lowest BCUT2D eigenvalue weighted by Crippen LogP contribution is -2.08. The molecular weight excluding hydrogens is 508 g/mol. The second-order valence-corrected chi connectivity index (χ2v) is 9.47. The van der Waals surface area contributed by atoms with Gasteiger partial charge in [-0.3, -0.25) is 0 Å². The minimum atomic E-state index is -0.934. The number of nitrogens with zero attached hydrogens (tertiary/aromatic N) is 2. The van der Waals surface area contributed by atoms with Gasteiger partial charge in [-0.1, -0.05) is 56.3 Å². The molecule has 1 unspecified atom stereocenters. The smallest absolute Gasteiger partial charge is 0.145 e. The Kier molecular flexibility index (Phi) is 7.79. The number of aliphatic hydroxyl groups is 1. The largest absolute Gasteiger partial charge is 0.496 e. The van der Waals surface area contributed by atoms with Crippen molar-refractivity contribution < 1.29 is 19.3 Å². The van der Waals surface area contributed by atoms with Crippen LogP contribution in [0.3, 0.4) is 0 Å². The van der Waals surface area contributed by atoms with Crippen LogP contribution in [0.4, 0.5) is 0 Å². The first-order valence-corrected chi connectivity index (χ1v) is 12.4. The average Bonchev–Trinajstić information content (AvgIpc) is 3.27. The number of halogens is 1. The predicted octanol–water partition coefficient (Wildman–Crippen LogP) is 6.33. The first-order valence-electron chi connectivity index (χ1n) is 11.6. The van der Waals surface area contributed by atoms with E-state index in [0.717, 1.165) is 16.9 Å². The Morgan fingerprint density at radius 1 is 0.943 bits per heavy atom. The third-order valence-corrected chi connectivity index (χ3v) is 7.08. The highest BCUT2D eigenvalue weighted by molar-refractivity contribution is 9.10. The van der Waals surface area contributed by atoms with Crippen LogP contribution in [0.25, 0.3) is 22.4 Å². The van der Waals surface area contributed by atoms with E-state index in [1.807, 2.05) is 30.3 Å². The van der Waals surface area contributed by atoms with E-state index in [9.17, 15) is 5.11 Å². The number of hydrogen-bond acceptors (Lipinski definition) is 5. The van der Waals surface area contributed by atoms with Gasteiger partial charge in [-0.2, -0.15) is 0 Å². The Morgan fingerprint density at radius 3 is 2.26 bits per heavy atom. The summed E-state index contributed by atoms with van der Waals surface area (Å²) in [6.45, 7) is 5.49. The molecule has 7 heteroatoms. The molecule has 4 aromatic rings. The second-order valence-electron chi connectivity index (χ2n) is 8.68. The van der Waals surface area contributed by atoms with E-state index in [1.165, 1.54) is 5.56 Å². The maximum Gasteiger partial charge on any atom is 0.145 e. The minimum Gasteiger partial charge on any atom is -0.496 e. The molecule has 0 aliphatic heterocycles. The van der Waals surface area contributed by atoms with Crippen molar-refractivity contribution in [2.45, 2.75) is 32.4 Å². The van der Waals surface area contributed by atoms with Gasteiger partial charge in [0.15, 0.2) is 0 Å². The average molecular weight is 539 g/mol. The number of aliphatic hydroxyl groups excluding tert-OH is 1. The Balaban J connectivity index is 1.93. The van der Waals surface area contributed by atoms with Gasteiger partial charge in [0, 0.05) is 30.3 Å². The summed E-state index contributed by atoms with van der Waals surface area (Å²) < 4.78 is 19.5. The minimum absolute atomic E-state index is 0.449. The predicted molar refractivity (Wildman–Crippen MR) is 142 cm³/mol. The molecule has 1 N–H and O–H groups in total. The molecule has 0 fully saturated rings. The van der Waals surface area contributed by atoms with E-state index in [1.54, 1.807) is 21.3 Å². The second kappa shape index (κ2) is 10.8. The van der Waals surface area contributed by atoms with Crippen molar-refractivity contribution in [3.8, 4) is 22.9 Å². The molecule has 0 spiro atoms. The molecule has 35 heavy (non-hydrogen) atoms. The van der Waals surface area contributed by atoms with E-state index >= 15 is 0 Å². The van der Waals surface area contributed by atoms with Crippen molar-refractivity contribution in [3.63, 3.8) is 0 Å². The highest BCUT2D eigenvalue weighted by Gasteiger charge is 2.25. The van der Waals surface area contributed by atoms with E-state index in [0.29, 0.717) is 51.7 Å². The van der Waals surface area contributed by atoms with Gasteiger partial charge in [-0.05, 0) is 39.5 Å². The maximum atomic E-state index is 11.4. The molecule has 6 nitrogen and oxygen atoms in total.